The van der Waals surface area contributed by atoms with Gasteiger partial charge in [-0.25, -0.2) is 26.3 Å². The quantitative estimate of drug-likeness (QED) is 0.404. The lowest BCUT2D eigenvalue weighted by Gasteiger charge is -2.35. The molecule has 9 nitrogen and oxygen atoms in total. The maximum absolute atomic E-state index is 14.8. The molecule has 1 saturated heterocycles. The third-order valence-electron chi connectivity index (χ3n) is 8.93. The van der Waals surface area contributed by atoms with Gasteiger partial charge < -0.3 is 15.3 Å². The van der Waals surface area contributed by atoms with Gasteiger partial charge in [-0.1, -0.05) is 12.1 Å². The summed E-state index contributed by atoms with van der Waals surface area (Å²) in [6, 6.07) is 14.8. The molecule has 2 aromatic carbocycles. The van der Waals surface area contributed by atoms with Crippen molar-refractivity contribution in [2.75, 3.05) is 29.5 Å². The number of amides is 1. The van der Waals surface area contributed by atoms with Gasteiger partial charge in [0.1, 0.15) is 11.4 Å². The second kappa shape index (κ2) is 11.2. The van der Waals surface area contributed by atoms with Crippen LogP contribution in [0.2, 0.25) is 0 Å². The number of anilines is 1. The van der Waals surface area contributed by atoms with Gasteiger partial charge in [0, 0.05) is 43.1 Å². The summed E-state index contributed by atoms with van der Waals surface area (Å²) in [7, 11) is -3.07. The summed E-state index contributed by atoms with van der Waals surface area (Å²) in [6.07, 6.45) is -0.309. The van der Waals surface area contributed by atoms with E-state index in [1.165, 1.54) is 28.9 Å². The van der Waals surface area contributed by atoms with Crippen LogP contribution in [-0.2, 0) is 21.2 Å². The summed E-state index contributed by atoms with van der Waals surface area (Å²) < 4.78 is 68.6. The van der Waals surface area contributed by atoms with Crippen LogP contribution in [-0.4, -0.2) is 65.3 Å². The molecule has 1 aliphatic heterocycles. The number of sulfone groups is 1. The van der Waals surface area contributed by atoms with Gasteiger partial charge in [0.25, 0.3) is 0 Å². The van der Waals surface area contributed by atoms with E-state index in [-0.39, 0.29) is 17.9 Å². The number of halogens is 3. The molecule has 0 bridgehead atoms. The minimum atomic E-state index is -3.08. The maximum atomic E-state index is 14.8. The van der Waals surface area contributed by atoms with Crippen molar-refractivity contribution in [2.24, 2.45) is 5.92 Å². The van der Waals surface area contributed by atoms with E-state index in [9.17, 15) is 36.8 Å². The van der Waals surface area contributed by atoms with Gasteiger partial charge in [0.15, 0.2) is 9.84 Å². The second-order valence-electron chi connectivity index (χ2n) is 11.9. The number of aliphatic hydroxyl groups is 1. The highest BCUT2D eigenvalue weighted by Gasteiger charge is 2.51. The summed E-state index contributed by atoms with van der Waals surface area (Å²) in [6.45, 7) is 0.228. The number of rotatable bonds is 7. The molecule has 3 aromatic rings. The van der Waals surface area contributed by atoms with Crippen molar-refractivity contribution in [1.82, 2.24) is 15.1 Å². The van der Waals surface area contributed by atoms with Crippen molar-refractivity contribution >= 4 is 21.4 Å². The zero-order chi connectivity index (χ0) is 31.3. The van der Waals surface area contributed by atoms with Crippen molar-refractivity contribution < 1.29 is 31.5 Å². The fourth-order valence-electron chi connectivity index (χ4n) is 6.25. The Morgan fingerprint density at radius 2 is 1.68 bits per heavy atom. The summed E-state index contributed by atoms with van der Waals surface area (Å²) in [4.78, 5) is 15.5. The Morgan fingerprint density at radius 3 is 2.27 bits per heavy atom. The Balaban J connectivity index is 1.43. The van der Waals surface area contributed by atoms with Crippen LogP contribution in [0.4, 0.5) is 18.9 Å². The number of nitrogens with zero attached hydrogens (tertiary/aromatic N) is 4. The van der Waals surface area contributed by atoms with Gasteiger partial charge in [-0.05, 0) is 61.2 Å². The first-order valence-electron chi connectivity index (χ1n) is 14.6. The van der Waals surface area contributed by atoms with E-state index in [1.807, 2.05) is 17.0 Å². The number of benzene rings is 2. The number of nitrogens with one attached hydrogen (secondary N) is 1. The molecular weight excluding hydrogens is 595 g/mol. The molecular formula is C31H32F3N5O4S. The molecule has 1 amide bonds. The predicted octanol–water partition coefficient (Wildman–Crippen LogP) is 4.10. The summed E-state index contributed by atoms with van der Waals surface area (Å²) in [5.74, 6) is -5.99. The number of aliphatic hydroxyl groups excluding tert-OH is 1. The van der Waals surface area contributed by atoms with E-state index in [1.54, 1.807) is 12.1 Å². The molecule has 13 heteroatoms. The molecule has 2 heterocycles. The van der Waals surface area contributed by atoms with Crippen LogP contribution in [0.5, 0.6) is 0 Å². The molecule has 0 spiro atoms. The molecule has 3 aliphatic rings. The number of carbonyl (C=O) groups excluding carboxylic acids is 1. The summed E-state index contributed by atoms with van der Waals surface area (Å²) in [5.41, 5.74) is 2.02. The first-order chi connectivity index (χ1) is 20.9. The molecule has 3 fully saturated rings. The van der Waals surface area contributed by atoms with Crippen LogP contribution in [0.3, 0.4) is 0 Å². The lowest BCUT2D eigenvalue weighted by atomic mass is 9.73. The smallest absolute Gasteiger partial charge is 0.249 e. The zero-order valence-corrected chi connectivity index (χ0v) is 24.7. The van der Waals surface area contributed by atoms with E-state index in [0.29, 0.717) is 54.1 Å². The molecule has 44 heavy (non-hydrogen) atoms. The predicted molar refractivity (Wildman–Crippen MR) is 156 cm³/mol. The van der Waals surface area contributed by atoms with Crippen molar-refractivity contribution in [1.29, 1.82) is 5.26 Å². The molecule has 2 saturated carbocycles. The minimum Gasteiger partial charge on any atom is -0.390 e. The number of hydrogen-bond acceptors (Lipinski definition) is 7. The Labute approximate surface area is 253 Å². The summed E-state index contributed by atoms with van der Waals surface area (Å²) >= 11 is 0. The SMILES string of the molecule is N#CC1(NC(=O)[C@@H]2CC(F)(F)CC[C@H]2c2nn(-c3ccc(F)cc3)c(CO)c2-c2ccc(N3CCS(=O)(=O)CC3)cc2)CC1. The number of hydrogen-bond donors (Lipinski definition) is 2. The maximum Gasteiger partial charge on any atom is 0.249 e. The molecule has 1 aromatic heterocycles. The fourth-order valence-corrected chi connectivity index (χ4v) is 7.45. The highest BCUT2D eigenvalue weighted by atomic mass is 32.2. The van der Waals surface area contributed by atoms with Gasteiger partial charge >= 0.3 is 0 Å². The first-order valence-corrected chi connectivity index (χ1v) is 16.4. The highest BCUT2D eigenvalue weighted by molar-refractivity contribution is 7.91. The van der Waals surface area contributed by atoms with Gasteiger partial charge in [0.05, 0.1) is 47.2 Å². The van der Waals surface area contributed by atoms with E-state index in [2.05, 4.69) is 11.4 Å². The average molecular weight is 628 g/mol. The third-order valence-corrected chi connectivity index (χ3v) is 10.5. The average Bonchev–Trinajstić information content (AvgIpc) is 3.67. The molecule has 2 aliphatic carbocycles. The van der Waals surface area contributed by atoms with Crippen molar-refractivity contribution in [3.63, 3.8) is 0 Å². The topological polar surface area (TPSA) is 128 Å². The van der Waals surface area contributed by atoms with Crippen LogP contribution >= 0.6 is 0 Å². The van der Waals surface area contributed by atoms with Crippen molar-refractivity contribution in [3.05, 3.63) is 65.7 Å². The first kappa shape index (κ1) is 30.1. The lowest BCUT2D eigenvalue weighted by molar-refractivity contribution is -0.134. The zero-order valence-electron chi connectivity index (χ0n) is 23.8. The monoisotopic (exact) mass is 627 g/mol. The molecule has 0 radical (unpaired) electrons. The Morgan fingerprint density at radius 1 is 1.05 bits per heavy atom. The van der Waals surface area contributed by atoms with Crippen LogP contribution in [0.25, 0.3) is 16.8 Å². The normalized spacial score (nSPS) is 23.5. The van der Waals surface area contributed by atoms with Gasteiger partial charge in [-0.15, -0.1) is 0 Å². The highest BCUT2D eigenvalue weighted by Crippen LogP contribution is 2.49. The van der Waals surface area contributed by atoms with Crippen LogP contribution in [0.15, 0.2) is 48.5 Å². The molecule has 2 atom stereocenters. The van der Waals surface area contributed by atoms with Gasteiger partial charge in [0.2, 0.25) is 11.8 Å². The fraction of sp³-hybridized carbons (Fsp3) is 0.452. The van der Waals surface area contributed by atoms with E-state index in [0.717, 1.165) is 5.69 Å². The number of aromatic nitrogens is 2. The lowest BCUT2D eigenvalue weighted by Crippen LogP contribution is -2.45. The van der Waals surface area contributed by atoms with Gasteiger partial charge in [-0.3, -0.25) is 4.79 Å². The Bertz CT molecular complexity index is 1700. The summed E-state index contributed by atoms with van der Waals surface area (Å²) in [5, 5.41) is 27.6. The van der Waals surface area contributed by atoms with Gasteiger partial charge in [-0.2, -0.15) is 10.4 Å². The van der Waals surface area contributed by atoms with Crippen molar-refractivity contribution in [2.45, 2.75) is 56.1 Å². The Hall–Kier alpha value is -3.89. The van der Waals surface area contributed by atoms with Crippen LogP contribution in [0, 0.1) is 23.1 Å². The molecule has 6 rings (SSSR count). The molecule has 0 unspecified atom stereocenters. The van der Waals surface area contributed by atoms with Crippen LogP contribution < -0.4 is 10.2 Å². The van der Waals surface area contributed by atoms with E-state index >= 15 is 0 Å². The largest absolute Gasteiger partial charge is 0.390 e. The van der Waals surface area contributed by atoms with Crippen LogP contribution in [0.1, 0.15) is 49.4 Å². The standard InChI is InChI=1S/C31H32F3N5O4S/c32-21-3-7-23(8-4-21)39-26(18-40)27(20-1-5-22(6-2-20)38-13-15-44(42,43)16-14-38)28(37-39)24-9-10-31(33,34)17-25(24)29(41)36-30(19-35)11-12-30/h1-8,24-25,40H,9-18H2,(H,36,41)/t24-,25-/m1/s1. The second-order valence-corrected chi connectivity index (χ2v) is 14.2. The number of carbonyl (C=O) groups is 1. The van der Waals surface area contributed by atoms with Crippen molar-refractivity contribution in [3.8, 4) is 22.9 Å². The Kier molecular flexibility index (Phi) is 7.70. The van der Waals surface area contributed by atoms with E-state index in [4.69, 9.17) is 5.10 Å². The minimum absolute atomic E-state index is 0.0523. The molecule has 232 valence electrons. The molecule has 2 N–H and O–H groups in total. The number of alkyl halides is 2. The number of nitriles is 1. The van der Waals surface area contributed by atoms with E-state index < -0.39 is 64.3 Å². The third kappa shape index (κ3) is 5.93.